The van der Waals surface area contributed by atoms with Crippen molar-refractivity contribution >= 4 is 39.1 Å². The van der Waals surface area contributed by atoms with Gasteiger partial charge in [0.25, 0.3) is 10.0 Å². The maximum atomic E-state index is 14.9. The van der Waals surface area contributed by atoms with Gasteiger partial charge in [-0.1, -0.05) is 78.3 Å². The van der Waals surface area contributed by atoms with Crippen molar-refractivity contribution in [1.29, 1.82) is 0 Å². The van der Waals surface area contributed by atoms with E-state index in [2.05, 4.69) is 5.32 Å². The second-order valence-electron chi connectivity index (χ2n) is 10.3. The highest BCUT2D eigenvalue weighted by Crippen LogP contribution is 2.26. The van der Waals surface area contributed by atoms with Crippen molar-refractivity contribution in [2.45, 2.75) is 43.8 Å². The number of amides is 2. The summed E-state index contributed by atoms with van der Waals surface area (Å²) < 4.78 is 43.7. The number of hydrogen-bond donors (Lipinski definition) is 1. The Morgan fingerprint density at radius 2 is 1.42 bits per heavy atom. The summed E-state index contributed by atoms with van der Waals surface area (Å²) in [4.78, 5) is 29.2. The Balaban J connectivity index is 1.80. The minimum atomic E-state index is -4.23. The standard InChI is InChI=1S/C33H33ClFN3O4S/c1-24(2)36-33(40)31(21-25-11-5-3-6-12-25)37(22-26-13-9-10-16-30(26)35)32(39)23-38(28-19-17-27(34)18-20-28)43(41,42)29-14-7-4-8-15-29/h3-20,24,31H,21-23H2,1-2H3,(H,36,40). The van der Waals surface area contributed by atoms with Gasteiger partial charge in [-0.3, -0.25) is 13.9 Å². The van der Waals surface area contributed by atoms with Gasteiger partial charge in [0, 0.05) is 29.6 Å². The fourth-order valence-corrected chi connectivity index (χ4v) is 6.16. The van der Waals surface area contributed by atoms with E-state index in [-0.39, 0.29) is 35.2 Å². The van der Waals surface area contributed by atoms with Gasteiger partial charge in [0.2, 0.25) is 11.8 Å². The summed E-state index contributed by atoms with van der Waals surface area (Å²) >= 11 is 6.08. The highest BCUT2D eigenvalue weighted by atomic mass is 35.5. The topological polar surface area (TPSA) is 86.8 Å². The molecule has 1 unspecified atom stereocenters. The van der Waals surface area contributed by atoms with Gasteiger partial charge < -0.3 is 10.2 Å². The monoisotopic (exact) mass is 621 g/mol. The van der Waals surface area contributed by atoms with Gasteiger partial charge in [0.1, 0.15) is 18.4 Å². The Bertz CT molecular complexity index is 1640. The molecule has 10 heteroatoms. The van der Waals surface area contributed by atoms with Crippen LogP contribution in [0.25, 0.3) is 0 Å². The number of halogens is 2. The number of rotatable bonds is 12. The number of hydrogen-bond acceptors (Lipinski definition) is 4. The molecule has 0 aromatic heterocycles. The number of nitrogens with one attached hydrogen (secondary N) is 1. The molecule has 0 radical (unpaired) electrons. The lowest BCUT2D eigenvalue weighted by molar-refractivity contribution is -0.140. The molecule has 7 nitrogen and oxygen atoms in total. The minimum Gasteiger partial charge on any atom is -0.352 e. The second kappa shape index (κ2) is 14.3. The molecule has 0 heterocycles. The van der Waals surface area contributed by atoms with Gasteiger partial charge in [-0.05, 0) is 61.9 Å². The Hall–Kier alpha value is -4.21. The van der Waals surface area contributed by atoms with Gasteiger partial charge in [0.05, 0.1) is 10.6 Å². The van der Waals surface area contributed by atoms with E-state index in [1.807, 2.05) is 30.3 Å². The maximum Gasteiger partial charge on any atom is 0.264 e. The Labute approximate surface area is 257 Å². The van der Waals surface area contributed by atoms with Gasteiger partial charge in [-0.25, -0.2) is 12.8 Å². The molecule has 2 amide bonds. The summed E-state index contributed by atoms with van der Waals surface area (Å²) in [6.07, 6.45) is 0.131. The van der Waals surface area contributed by atoms with Crippen LogP contribution in [0.5, 0.6) is 0 Å². The largest absolute Gasteiger partial charge is 0.352 e. The zero-order chi connectivity index (χ0) is 31.0. The van der Waals surface area contributed by atoms with Crippen molar-refractivity contribution in [3.63, 3.8) is 0 Å². The first kappa shape index (κ1) is 31.7. The lowest BCUT2D eigenvalue weighted by Gasteiger charge is -2.34. The van der Waals surface area contributed by atoms with E-state index in [0.717, 1.165) is 9.87 Å². The SMILES string of the molecule is CC(C)NC(=O)C(Cc1ccccc1)N(Cc1ccccc1F)C(=O)CN(c1ccc(Cl)cc1)S(=O)(=O)c1ccccc1. The van der Waals surface area contributed by atoms with Gasteiger partial charge in [-0.2, -0.15) is 0 Å². The van der Waals surface area contributed by atoms with Gasteiger partial charge in [0.15, 0.2) is 0 Å². The molecular weight excluding hydrogens is 589 g/mol. The number of benzene rings is 4. The number of carbonyl (C=O) groups is 2. The van der Waals surface area contributed by atoms with E-state index in [1.165, 1.54) is 59.5 Å². The second-order valence-corrected chi connectivity index (χ2v) is 12.6. The van der Waals surface area contributed by atoms with Crippen LogP contribution in [0, 0.1) is 5.82 Å². The Kier molecular flexibility index (Phi) is 10.6. The van der Waals surface area contributed by atoms with Crippen LogP contribution in [-0.4, -0.2) is 43.8 Å². The fraction of sp³-hybridized carbons (Fsp3) is 0.212. The van der Waals surface area contributed by atoms with Crippen LogP contribution in [0.4, 0.5) is 10.1 Å². The molecule has 4 aromatic carbocycles. The number of anilines is 1. The smallest absolute Gasteiger partial charge is 0.264 e. The molecular formula is C33H33ClFN3O4S. The third kappa shape index (κ3) is 8.21. The van der Waals surface area contributed by atoms with E-state index >= 15 is 0 Å². The summed E-state index contributed by atoms with van der Waals surface area (Å²) in [5, 5.41) is 3.26. The van der Waals surface area contributed by atoms with E-state index in [0.29, 0.717) is 5.02 Å². The molecule has 0 spiro atoms. The molecule has 0 aliphatic carbocycles. The van der Waals surface area contributed by atoms with E-state index in [4.69, 9.17) is 11.6 Å². The van der Waals surface area contributed by atoms with Crippen molar-refractivity contribution in [2.75, 3.05) is 10.8 Å². The average molecular weight is 622 g/mol. The number of sulfonamides is 1. The molecule has 4 rings (SSSR count). The molecule has 1 N–H and O–H groups in total. The number of carbonyl (C=O) groups excluding carboxylic acids is 2. The molecule has 1 atom stereocenters. The first-order valence-electron chi connectivity index (χ1n) is 13.8. The molecule has 0 fully saturated rings. The third-order valence-corrected chi connectivity index (χ3v) is 8.77. The lowest BCUT2D eigenvalue weighted by atomic mass is 10.0. The molecule has 0 saturated heterocycles. The third-order valence-electron chi connectivity index (χ3n) is 6.73. The fourth-order valence-electron chi connectivity index (χ4n) is 4.60. The first-order valence-corrected chi connectivity index (χ1v) is 15.6. The van der Waals surface area contributed by atoms with Gasteiger partial charge >= 0.3 is 0 Å². The van der Waals surface area contributed by atoms with Crippen LogP contribution in [0.1, 0.15) is 25.0 Å². The van der Waals surface area contributed by atoms with Crippen LogP contribution < -0.4 is 9.62 Å². The predicted molar refractivity (Wildman–Crippen MR) is 167 cm³/mol. The van der Waals surface area contributed by atoms with Gasteiger partial charge in [-0.15, -0.1) is 0 Å². The Morgan fingerprint density at radius 1 is 0.837 bits per heavy atom. The zero-order valence-corrected chi connectivity index (χ0v) is 25.4. The van der Waals surface area contributed by atoms with Crippen molar-refractivity contribution in [3.05, 3.63) is 131 Å². The van der Waals surface area contributed by atoms with E-state index in [9.17, 15) is 22.4 Å². The van der Waals surface area contributed by atoms with Crippen molar-refractivity contribution in [3.8, 4) is 0 Å². The van der Waals surface area contributed by atoms with Crippen LogP contribution in [0.15, 0.2) is 114 Å². The summed E-state index contributed by atoms with van der Waals surface area (Å²) in [7, 11) is -4.23. The van der Waals surface area contributed by atoms with Crippen molar-refractivity contribution < 1.29 is 22.4 Å². The van der Waals surface area contributed by atoms with Crippen molar-refractivity contribution in [2.24, 2.45) is 0 Å². The first-order chi connectivity index (χ1) is 20.6. The molecule has 0 bridgehead atoms. The molecule has 43 heavy (non-hydrogen) atoms. The highest BCUT2D eigenvalue weighted by molar-refractivity contribution is 7.92. The minimum absolute atomic E-state index is 0.0169. The Morgan fingerprint density at radius 3 is 2.02 bits per heavy atom. The quantitative estimate of drug-likeness (QED) is 0.215. The van der Waals surface area contributed by atoms with Crippen molar-refractivity contribution in [1.82, 2.24) is 10.2 Å². The average Bonchev–Trinajstić information content (AvgIpc) is 2.99. The highest BCUT2D eigenvalue weighted by Gasteiger charge is 2.35. The molecule has 224 valence electrons. The lowest BCUT2D eigenvalue weighted by Crippen LogP contribution is -2.54. The zero-order valence-electron chi connectivity index (χ0n) is 23.9. The molecule has 0 saturated carbocycles. The summed E-state index contributed by atoms with van der Waals surface area (Å²) in [6, 6.07) is 27.6. The summed E-state index contributed by atoms with van der Waals surface area (Å²) in [6.45, 7) is 2.70. The molecule has 4 aromatic rings. The van der Waals surface area contributed by atoms with Crippen LogP contribution in [-0.2, 0) is 32.6 Å². The van der Waals surface area contributed by atoms with E-state index < -0.39 is 40.2 Å². The van der Waals surface area contributed by atoms with Crippen LogP contribution in [0.3, 0.4) is 0 Å². The maximum absolute atomic E-state index is 14.9. The molecule has 0 aliphatic heterocycles. The van der Waals surface area contributed by atoms with Crippen LogP contribution >= 0.6 is 11.6 Å². The predicted octanol–water partition coefficient (Wildman–Crippen LogP) is 5.84. The summed E-state index contributed by atoms with van der Waals surface area (Å²) in [5.74, 6) is -1.67. The number of nitrogens with zero attached hydrogens (tertiary/aromatic N) is 2. The molecule has 0 aliphatic rings. The normalized spacial score (nSPS) is 12.0. The summed E-state index contributed by atoms with van der Waals surface area (Å²) in [5.41, 5.74) is 1.18. The van der Waals surface area contributed by atoms with Crippen LogP contribution in [0.2, 0.25) is 5.02 Å². The van der Waals surface area contributed by atoms with E-state index in [1.54, 1.807) is 38.1 Å².